The molecule has 2 heterocycles. The number of anilines is 1. The third kappa shape index (κ3) is 5.14. The number of ether oxygens (including phenoxy) is 2. The number of morpholine rings is 1. The minimum Gasteiger partial charge on any atom is -0.448 e. The summed E-state index contributed by atoms with van der Waals surface area (Å²) in [5, 5.41) is 5.89. The maximum Gasteiger partial charge on any atom is 0.410 e. The Balaban J connectivity index is 1.52. The average Bonchev–Trinajstić information content (AvgIpc) is 3.11. The van der Waals surface area contributed by atoms with Gasteiger partial charge < -0.3 is 25.0 Å². The average molecular weight is 390 g/mol. The summed E-state index contributed by atoms with van der Waals surface area (Å²) >= 11 is 0. The third-order valence-corrected chi connectivity index (χ3v) is 5.57. The molecular formula is C20H30N4O4. The predicted molar refractivity (Wildman–Crippen MR) is 106 cm³/mol. The molecule has 0 saturated carbocycles. The monoisotopic (exact) mass is 390 g/mol. The van der Waals surface area contributed by atoms with Crippen LogP contribution in [0.25, 0.3) is 0 Å². The lowest BCUT2D eigenvalue weighted by molar-refractivity contribution is -0.0163. The van der Waals surface area contributed by atoms with Crippen molar-refractivity contribution in [2.45, 2.75) is 32.4 Å². The molecule has 2 aliphatic rings. The number of nitrogens with zero attached hydrogens (tertiary/aromatic N) is 2. The Morgan fingerprint density at radius 2 is 2.00 bits per heavy atom. The second kappa shape index (κ2) is 9.25. The number of amides is 3. The van der Waals surface area contributed by atoms with Crippen LogP contribution in [0.1, 0.15) is 25.8 Å². The van der Waals surface area contributed by atoms with E-state index < -0.39 is 0 Å². The zero-order valence-electron chi connectivity index (χ0n) is 16.7. The molecule has 2 aliphatic heterocycles. The Morgan fingerprint density at radius 1 is 1.21 bits per heavy atom. The van der Waals surface area contributed by atoms with Crippen LogP contribution in [0.4, 0.5) is 15.3 Å². The molecule has 2 N–H and O–H groups in total. The van der Waals surface area contributed by atoms with Crippen LogP contribution in [0.5, 0.6) is 0 Å². The number of nitrogens with one attached hydrogen (secondary N) is 2. The van der Waals surface area contributed by atoms with E-state index in [1.165, 1.54) is 0 Å². The summed E-state index contributed by atoms with van der Waals surface area (Å²) in [6.07, 6.45) is 0.646. The normalized spacial score (nSPS) is 19.8. The molecule has 0 bridgehead atoms. The fourth-order valence-corrected chi connectivity index (χ4v) is 3.55. The van der Waals surface area contributed by atoms with E-state index in [-0.39, 0.29) is 17.7 Å². The van der Waals surface area contributed by atoms with E-state index >= 15 is 0 Å². The van der Waals surface area contributed by atoms with Gasteiger partial charge in [0, 0.05) is 37.4 Å². The second-order valence-electron chi connectivity index (χ2n) is 7.49. The van der Waals surface area contributed by atoms with Crippen LogP contribution in [-0.4, -0.2) is 73.5 Å². The number of carbonyl (C=O) groups is 2. The zero-order valence-corrected chi connectivity index (χ0v) is 16.7. The highest BCUT2D eigenvalue weighted by Gasteiger charge is 2.31. The van der Waals surface area contributed by atoms with Crippen molar-refractivity contribution in [2.75, 3.05) is 51.3 Å². The zero-order chi connectivity index (χ0) is 20.0. The molecule has 0 radical (unpaired) electrons. The Bertz CT molecular complexity index is 693. The molecule has 8 nitrogen and oxygen atoms in total. The predicted octanol–water partition coefficient (Wildman–Crippen LogP) is 2.26. The molecule has 1 atom stereocenters. The summed E-state index contributed by atoms with van der Waals surface area (Å²) in [5.41, 5.74) is 1.55. The second-order valence-corrected chi connectivity index (χ2v) is 7.49. The summed E-state index contributed by atoms with van der Waals surface area (Å²) in [7, 11) is 0. The fraction of sp³-hybridized carbons (Fsp3) is 0.600. The van der Waals surface area contributed by atoms with E-state index in [0.717, 1.165) is 38.3 Å². The van der Waals surface area contributed by atoms with Gasteiger partial charge in [0.05, 0.1) is 19.8 Å². The summed E-state index contributed by atoms with van der Waals surface area (Å²) in [4.78, 5) is 28.0. The van der Waals surface area contributed by atoms with E-state index in [9.17, 15) is 9.59 Å². The molecule has 1 unspecified atom stereocenters. The smallest absolute Gasteiger partial charge is 0.410 e. The van der Waals surface area contributed by atoms with Crippen LogP contribution in [0.2, 0.25) is 0 Å². The molecule has 28 heavy (non-hydrogen) atoms. The van der Waals surface area contributed by atoms with Gasteiger partial charge in [-0.05, 0) is 31.0 Å². The lowest BCUT2D eigenvalue weighted by atomic mass is 9.95. The Kier molecular flexibility index (Phi) is 6.74. The fourth-order valence-electron chi connectivity index (χ4n) is 3.55. The van der Waals surface area contributed by atoms with Crippen molar-refractivity contribution < 1.29 is 19.1 Å². The van der Waals surface area contributed by atoms with Crippen LogP contribution < -0.4 is 10.6 Å². The third-order valence-electron chi connectivity index (χ3n) is 5.57. The maximum atomic E-state index is 12.4. The summed E-state index contributed by atoms with van der Waals surface area (Å²) < 4.78 is 10.4. The summed E-state index contributed by atoms with van der Waals surface area (Å²) in [5.74, 6) is 0. The van der Waals surface area contributed by atoms with Gasteiger partial charge in [0.1, 0.15) is 6.61 Å². The molecule has 1 aromatic carbocycles. The first-order valence-corrected chi connectivity index (χ1v) is 9.88. The standard InChI is InChI=1S/C20H30N4O4/c1-3-20(2,24-8-10-27-11-9-24)15-21-18(25)22-17-6-4-5-16(13-17)14-23-7-12-28-19(23)26/h4-6,13H,3,7-12,14-15H2,1-2H3,(H2,21,22,25). The van der Waals surface area contributed by atoms with E-state index in [4.69, 9.17) is 9.47 Å². The van der Waals surface area contributed by atoms with Crippen LogP contribution in [0.3, 0.4) is 0 Å². The lowest BCUT2D eigenvalue weighted by Gasteiger charge is -2.43. The first-order valence-electron chi connectivity index (χ1n) is 9.88. The highest BCUT2D eigenvalue weighted by Crippen LogP contribution is 2.20. The minimum absolute atomic E-state index is 0.0981. The van der Waals surface area contributed by atoms with E-state index in [2.05, 4.69) is 29.4 Å². The first kappa shape index (κ1) is 20.4. The molecule has 0 spiro atoms. The summed E-state index contributed by atoms with van der Waals surface area (Å²) in [6.45, 7) is 9.61. The molecule has 8 heteroatoms. The molecule has 3 amide bonds. The van der Waals surface area contributed by atoms with Gasteiger partial charge in [-0.25, -0.2) is 9.59 Å². The minimum atomic E-state index is -0.293. The largest absolute Gasteiger partial charge is 0.448 e. The van der Waals surface area contributed by atoms with Crippen molar-refractivity contribution in [3.8, 4) is 0 Å². The molecule has 1 aromatic rings. The number of urea groups is 1. The number of benzene rings is 1. The Morgan fingerprint density at radius 3 is 2.68 bits per heavy atom. The highest BCUT2D eigenvalue weighted by molar-refractivity contribution is 5.89. The van der Waals surface area contributed by atoms with E-state index in [1.807, 2.05) is 24.3 Å². The molecular weight excluding hydrogens is 360 g/mol. The molecule has 0 aliphatic carbocycles. The van der Waals surface area contributed by atoms with Gasteiger partial charge in [-0.15, -0.1) is 0 Å². The van der Waals surface area contributed by atoms with Gasteiger partial charge in [-0.3, -0.25) is 4.90 Å². The molecule has 3 rings (SSSR count). The molecule has 154 valence electrons. The maximum absolute atomic E-state index is 12.4. The Labute approximate surface area is 166 Å². The van der Waals surface area contributed by atoms with Crippen molar-refractivity contribution in [1.82, 2.24) is 15.1 Å². The summed E-state index contributed by atoms with van der Waals surface area (Å²) in [6, 6.07) is 7.29. The van der Waals surface area contributed by atoms with Gasteiger partial charge in [-0.2, -0.15) is 0 Å². The van der Waals surface area contributed by atoms with Gasteiger partial charge >= 0.3 is 12.1 Å². The number of cyclic esters (lactones) is 1. The SMILES string of the molecule is CCC(C)(CNC(=O)Nc1cccc(CN2CCOC2=O)c1)N1CCOCC1. The van der Waals surface area contributed by atoms with Crippen molar-refractivity contribution in [1.29, 1.82) is 0 Å². The first-order chi connectivity index (χ1) is 13.5. The number of hydrogen-bond acceptors (Lipinski definition) is 5. The van der Waals surface area contributed by atoms with Crippen molar-refractivity contribution in [3.63, 3.8) is 0 Å². The van der Waals surface area contributed by atoms with Crippen LogP contribution in [-0.2, 0) is 16.0 Å². The Hall–Kier alpha value is -2.32. The van der Waals surface area contributed by atoms with Crippen molar-refractivity contribution >= 4 is 17.8 Å². The van der Waals surface area contributed by atoms with Crippen LogP contribution in [0.15, 0.2) is 24.3 Å². The number of rotatable bonds is 7. The quantitative estimate of drug-likeness (QED) is 0.746. The number of hydrogen-bond donors (Lipinski definition) is 2. The van der Waals surface area contributed by atoms with E-state index in [0.29, 0.717) is 31.9 Å². The van der Waals surface area contributed by atoms with Crippen LogP contribution in [0, 0.1) is 0 Å². The van der Waals surface area contributed by atoms with Gasteiger partial charge in [0.2, 0.25) is 0 Å². The van der Waals surface area contributed by atoms with Gasteiger partial charge in [-0.1, -0.05) is 19.1 Å². The van der Waals surface area contributed by atoms with Gasteiger partial charge in [0.15, 0.2) is 0 Å². The topological polar surface area (TPSA) is 83.1 Å². The highest BCUT2D eigenvalue weighted by atomic mass is 16.6. The number of carbonyl (C=O) groups excluding carboxylic acids is 2. The molecule has 0 aromatic heterocycles. The van der Waals surface area contributed by atoms with Gasteiger partial charge in [0.25, 0.3) is 0 Å². The van der Waals surface area contributed by atoms with Crippen LogP contribution >= 0.6 is 0 Å². The molecule has 2 fully saturated rings. The van der Waals surface area contributed by atoms with Crippen molar-refractivity contribution in [3.05, 3.63) is 29.8 Å². The van der Waals surface area contributed by atoms with Crippen molar-refractivity contribution in [2.24, 2.45) is 0 Å². The molecule has 2 saturated heterocycles. The lowest BCUT2D eigenvalue weighted by Crippen LogP contribution is -2.57. The van der Waals surface area contributed by atoms with E-state index in [1.54, 1.807) is 4.90 Å².